The zero-order chi connectivity index (χ0) is 20.1. The molecule has 1 saturated heterocycles. The molecule has 0 N–H and O–H groups in total. The highest BCUT2D eigenvalue weighted by atomic mass is 19.1. The Morgan fingerprint density at radius 2 is 2.00 bits per heavy atom. The minimum absolute atomic E-state index is 0.0715. The van der Waals surface area contributed by atoms with E-state index in [9.17, 15) is 9.18 Å². The Bertz CT molecular complexity index is 821. The van der Waals surface area contributed by atoms with Gasteiger partial charge in [0.25, 0.3) is 0 Å². The van der Waals surface area contributed by atoms with E-state index < -0.39 is 0 Å². The van der Waals surface area contributed by atoms with Crippen LogP contribution in [0.25, 0.3) is 0 Å². The second-order valence-corrected chi connectivity index (χ2v) is 7.83. The lowest BCUT2D eigenvalue weighted by Gasteiger charge is -2.38. The maximum absolute atomic E-state index is 13.7. The van der Waals surface area contributed by atoms with Gasteiger partial charge < -0.3 is 4.90 Å². The lowest BCUT2D eigenvalue weighted by atomic mass is 9.83. The van der Waals surface area contributed by atoms with Crippen LogP contribution in [0.15, 0.2) is 61.2 Å². The lowest BCUT2D eigenvalue weighted by Crippen LogP contribution is -2.46. The summed E-state index contributed by atoms with van der Waals surface area (Å²) in [6.45, 7) is 8.61. The van der Waals surface area contributed by atoms with Crippen LogP contribution in [0, 0.1) is 18.7 Å². The van der Waals surface area contributed by atoms with Crippen molar-refractivity contribution in [2.75, 3.05) is 26.7 Å². The summed E-state index contributed by atoms with van der Waals surface area (Å²) < 4.78 is 13.7. The third-order valence-electron chi connectivity index (χ3n) is 5.55. The van der Waals surface area contributed by atoms with Gasteiger partial charge in [-0.1, -0.05) is 48.5 Å². The van der Waals surface area contributed by atoms with E-state index in [0.29, 0.717) is 12.1 Å². The predicted octanol–water partition coefficient (Wildman–Crippen LogP) is 4.38. The molecule has 0 spiro atoms. The number of halogens is 1. The summed E-state index contributed by atoms with van der Waals surface area (Å²) in [5.41, 5.74) is 2.89. The number of carbonyl (C=O) groups excluding carboxylic acids is 1. The average molecular weight is 381 g/mol. The fourth-order valence-electron chi connectivity index (χ4n) is 4.11. The standard InChI is InChI=1S/C24H29FN2O/c1-4-12-27-16-21(20-10-11-23(25)18(2)13-20)14-22(17-27)24(28)26(3)15-19-8-6-5-7-9-19/h4-11,13,21-22H,1,12,14-17H2,2-3H3. The van der Waals surface area contributed by atoms with Crippen molar-refractivity contribution < 1.29 is 9.18 Å². The van der Waals surface area contributed by atoms with Crippen molar-refractivity contribution in [2.45, 2.75) is 25.8 Å². The first-order valence-electron chi connectivity index (χ1n) is 9.86. The van der Waals surface area contributed by atoms with Crippen LogP contribution in [-0.4, -0.2) is 42.4 Å². The van der Waals surface area contributed by atoms with Gasteiger partial charge >= 0.3 is 0 Å². The van der Waals surface area contributed by atoms with Crippen LogP contribution in [0.5, 0.6) is 0 Å². The maximum atomic E-state index is 13.7. The summed E-state index contributed by atoms with van der Waals surface area (Å²) in [6.07, 6.45) is 2.67. The van der Waals surface area contributed by atoms with Crippen LogP contribution in [0.2, 0.25) is 0 Å². The summed E-state index contributed by atoms with van der Waals surface area (Å²) in [7, 11) is 1.87. The van der Waals surface area contributed by atoms with Crippen LogP contribution in [0.1, 0.15) is 29.0 Å². The molecule has 28 heavy (non-hydrogen) atoms. The minimum Gasteiger partial charge on any atom is -0.341 e. The predicted molar refractivity (Wildman–Crippen MR) is 112 cm³/mol. The molecule has 0 aliphatic carbocycles. The Hall–Kier alpha value is -2.46. The van der Waals surface area contributed by atoms with Gasteiger partial charge in [-0.25, -0.2) is 4.39 Å². The lowest BCUT2D eigenvalue weighted by molar-refractivity contribution is -0.136. The average Bonchev–Trinajstić information content (AvgIpc) is 2.70. The molecule has 1 aliphatic heterocycles. The molecule has 0 saturated carbocycles. The monoisotopic (exact) mass is 380 g/mol. The van der Waals surface area contributed by atoms with Gasteiger partial charge in [0.05, 0.1) is 5.92 Å². The molecular formula is C24H29FN2O. The molecule has 0 radical (unpaired) electrons. The number of piperidine rings is 1. The largest absolute Gasteiger partial charge is 0.341 e. The number of carbonyl (C=O) groups is 1. The van der Waals surface area contributed by atoms with Gasteiger partial charge in [0.2, 0.25) is 5.91 Å². The first-order chi connectivity index (χ1) is 13.5. The third kappa shape index (κ3) is 4.87. The molecule has 3 nitrogen and oxygen atoms in total. The molecule has 1 fully saturated rings. The number of likely N-dealkylation sites (tertiary alicyclic amines) is 1. The van der Waals surface area contributed by atoms with E-state index in [-0.39, 0.29) is 23.6 Å². The smallest absolute Gasteiger partial charge is 0.227 e. The van der Waals surface area contributed by atoms with E-state index in [4.69, 9.17) is 0 Å². The van der Waals surface area contributed by atoms with Crippen molar-refractivity contribution in [3.63, 3.8) is 0 Å². The van der Waals surface area contributed by atoms with Gasteiger partial charge in [-0.05, 0) is 42.0 Å². The van der Waals surface area contributed by atoms with Gasteiger partial charge in [0, 0.05) is 33.2 Å². The molecule has 2 aromatic carbocycles. The van der Waals surface area contributed by atoms with Gasteiger partial charge in [-0.2, -0.15) is 0 Å². The summed E-state index contributed by atoms with van der Waals surface area (Å²) in [5.74, 6) is 0.129. The molecular weight excluding hydrogens is 351 g/mol. The highest BCUT2D eigenvalue weighted by molar-refractivity contribution is 5.79. The molecule has 3 rings (SSSR count). The van der Waals surface area contributed by atoms with Crippen molar-refractivity contribution in [1.29, 1.82) is 0 Å². The molecule has 1 heterocycles. The van der Waals surface area contributed by atoms with Gasteiger partial charge in [0.15, 0.2) is 0 Å². The van der Waals surface area contributed by atoms with Crippen molar-refractivity contribution in [1.82, 2.24) is 9.80 Å². The second kappa shape index (κ2) is 9.16. The van der Waals surface area contributed by atoms with Crippen LogP contribution >= 0.6 is 0 Å². The highest BCUT2D eigenvalue weighted by Crippen LogP contribution is 2.32. The minimum atomic E-state index is -0.183. The Morgan fingerprint density at radius 1 is 1.25 bits per heavy atom. The van der Waals surface area contributed by atoms with Crippen LogP contribution in [-0.2, 0) is 11.3 Å². The first kappa shape index (κ1) is 20.3. The fourth-order valence-corrected chi connectivity index (χ4v) is 4.11. The number of hydrogen-bond acceptors (Lipinski definition) is 2. The Morgan fingerprint density at radius 3 is 2.68 bits per heavy atom. The number of amides is 1. The number of rotatable bonds is 6. The molecule has 2 atom stereocenters. The molecule has 1 amide bonds. The van der Waals surface area contributed by atoms with Crippen molar-refractivity contribution in [3.05, 3.63) is 83.7 Å². The quantitative estimate of drug-likeness (QED) is 0.694. The van der Waals surface area contributed by atoms with Gasteiger partial charge in [0.1, 0.15) is 5.82 Å². The highest BCUT2D eigenvalue weighted by Gasteiger charge is 2.33. The van der Waals surface area contributed by atoms with E-state index in [1.165, 1.54) is 6.07 Å². The van der Waals surface area contributed by atoms with E-state index in [0.717, 1.165) is 37.2 Å². The summed E-state index contributed by atoms with van der Waals surface area (Å²) >= 11 is 0. The number of aryl methyl sites for hydroxylation is 1. The summed E-state index contributed by atoms with van der Waals surface area (Å²) in [4.78, 5) is 17.3. The fraction of sp³-hybridized carbons (Fsp3) is 0.375. The van der Waals surface area contributed by atoms with E-state index >= 15 is 0 Å². The topological polar surface area (TPSA) is 23.6 Å². The first-order valence-corrected chi connectivity index (χ1v) is 9.86. The van der Waals surface area contributed by atoms with Gasteiger partial charge in [-0.3, -0.25) is 9.69 Å². The van der Waals surface area contributed by atoms with Crippen LogP contribution < -0.4 is 0 Å². The van der Waals surface area contributed by atoms with Crippen molar-refractivity contribution >= 4 is 5.91 Å². The Labute approximate surface area is 167 Å². The van der Waals surface area contributed by atoms with Crippen LogP contribution in [0.3, 0.4) is 0 Å². The zero-order valence-corrected chi connectivity index (χ0v) is 16.8. The Balaban J connectivity index is 1.75. The normalized spacial score (nSPS) is 20.0. The maximum Gasteiger partial charge on any atom is 0.227 e. The summed E-state index contributed by atoms with van der Waals surface area (Å²) in [5, 5.41) is 0. The molecule has 0 aromatic heterocycles. The molecule has 2 aromatic rings. The third-order valence-corrected chi connectivity index (χ3v) is 5.55. The van der Waals surface area contributed by atoms with E-state index in [1.54, 1.807) is 6.92 Å². The van der Waals surface area contributed by atoms with Gasteiger partial charge in [-0.15, -0.1) is 6.58 Å². The van der Waals surface area contributed by atoms with Crippen LogP contribution in [0.4, 0.5) is 4.39 Å². The molecule has 4 heteroatoms. The summed E-state index contributed by atoms with van der Waals surface area (Å²) in [6, 6.07) is 15.4. The number of nitrogens with zero attached hydrogens (tertiary/aromatic N) is 2. The van der Waals surface area contributed by atoms with Crippen molar-refractivity contribution in [2.24, 2.45) is 5.92 Å². The zero-order valence-electron chi connectivity index (χ0n) is 16.8. The Kier molecular flexibility index (Phi) is 6.63. The second-order valence-electron chi connectivity index (χ2n) is 7.83. The molecule has 148 valence electrons. The number of benzene rings is 2. The van der Waals surface area contributed by atoms with Crippen molar-refractivity contribution in [3.8, 4) is 0 Å². The molecule has 0 bridgehead atoms. The number of hydrogen-bond donors (Lipinski definition) is 0. The SMILES string of the molecule is C=CCN1CC(C(=O)N(C)Cc2ccccc2)CC(c2ccc(F)c(C)c2)C1. The molecule has 2 unspecified atom stereocenters. The van der Waals surface area contributed by atoms with E-state index in [1.807, 2.05) is 60.5 Å². The molecule has 1 aliphatic rings. The van der Waals surface area contributed by atoms with E-state index in [2.05, 4.69) is 11.5 Å².